The highest BCUT2D eigenvalue weighted by Gasteiger charge is 2.16. The van der Waals surface area contributed by atoms with Gasteiger partial charge in [0.25, 0.3) is 0 Å². The molecule has 0 amide bonds. The molecule has 0 N–H and O–H groups in total. The van der Waals surface area contributed by atoms with Gasteiger partial charge >= 0.3 is 0 Å². The number of ether oxygens (including phenoxy) is 1. The molecular formula is C20H14ClFN2O. The summed E-state index contributed by atoms with van der Waals surface area (Å²) in [5.74, 6) is 0.0902. The Hall–Kier alpha value is -2.90. The predicted molar refractivity (Wildman–Crippen MR) is 95.2 cm³/mol. The highest BCUT2D eigenvalue weighted by atomic mass is 35.5. The van der Waals surface area contributed by atoms with Crippen molar-refractivity contribution >= 4 is 11.6 Å². The second-order valence-electron chi connectivity index (χ2n) is 5.47. The summed E-state index contributed by atoms with van der Waals surface area (Å²) < 4.78 is 20.5. The average Bonchev–Trinajstić information content (AvgIpc) is 2.63. The molecule has 0 spiro atoms. The summed E-state index contributed by atoms with van der Waals surface area (Å²) >= 11 is 6.04. The number of pyridine rings is 1. The SMILES string of the molecule is COc1ccc(Cc2ccc(C#N)nc2)c(F)c1-c1cccc(Cl)c1. The Morgan fingerprint density at radius 3 is 2.68 bits per heavy atom. The maximum absolute atomic E-state index is 15.2. The lowest BCUT2D eigenvalue weighted by Gasteiger charge is -2.14. The Bertz CT molecular complexity index is 949. The molecule has 0 saturated carbocycles. The predicted octanol–water partition coefficient (Wildman–Crippen LogP) is 5.01. The lowest BCUT2D eigenvalue weighted by atomic mass is 9.97. The normalized spacial score (nSPS) is 10.3. The molecule has 0 radical (unpaired) electrons. The van der Waals surface area contributed by atoms with Gasteiger partial charge in [0.1, 0.15) is 23.3 Å². The summed E-state index contributed by atoms with van der Waals surface area (Å²) in [5.41, 5.74) is 2.70. The van der Waals surface area contributed by atoms with E-state index in [4.69, 9.17) is 21.6 Å². The number of rotatable bonds is 4. The molecule has 3 rings (SSSR count). The van der Waals surface area contributed by atoms with Crippen molar-refractivity contribution in [3.05, 3.63) is 82.4 Å². The third-order valence-electron chi connectivity index (χ3n) is 3.85. The fraction of sp³-hybridized carbons (Fsp3) is 0.100. The van der Waals surface area contributed by atoms with Crippen molar-refractivity contribution in [3.8, 4) is 22.9 Å². The zero-order valence-electron chi connectivity index (χ0n) is 13.5. The molecule has 25 heavy (non-hydrogen) atoms. The van der Waals surface area contributed by atoms with Crippen LogP contribution in [0.3, 0.4) is 0 Å². The lowest BCUT2D eigenvalue weighted by Crippen LogP contribution is -1.99. The molecule has 0 aliphatic rings. The summed E-state index contributed by atoms with van der Waals surface area (Å²) in [5, 5.41) is 9.34. The number of benzene rings is 2. The van der Waals surface area contributed by atoms with Gasteiger partial charge in [0, 0.05) is 17.6 Å². The minimum Gasteiger partial charge on any atom is -0.496 e. The van der Waals surface area contributed by atoms with Crippen molar-refractivity contribution in [1.29, 1.82) is 5.26 Å². The van der Waals surface area contributed by atoms with Gasteiger partial charge in [-0.15, -0.1) is 0 Å². The highest BCUT2D eigenvalue weighted by Crippen LogP contribution is 2.36. The molecule has 0 unspecified atom stereocenters. The summed E-state index contributed by atoms with van der Waals surface area (Å²) in [4.78, 5) is 4.02. The Morgan fingerprint density at radius 2 is 2.04 bits per heavy atom. The van der Waals surface area contributed by atoms with Crippen molar-refractivity contribution in [2.24, 2.45) is 0 Å². The molecule has 0 aliphatic heterocycles. The molecule has 1 heterocycles. The molecular weight excluding hydrogens is 339 g/mol. The Labute approximate surface area is 150 Å². The van der Waals surface area contributed by atoms with Crippen molar-refractivity contribution in [3.63, 3.8) is 0 Å². The van der Waals surface area contributed by atoms with E-state index in [2.05, 4.69) is 4.98 Å². The fourth-order valence-corrected chi connectivity index (χ4v) is 2.83. The molecule has 1 aromatic heterocycles. The molecule has 124 valence electrons. The number of methoxy groups -OCH3 is 1. The Morgan fingerprint density at radius 1 is 1.20 bits per heavy atom. The van der Waals surface area contributed by atoms with Gasteiger partial charge in [0.2, 0.25) is 0 Å². The zero-order chi connectivity index (χ0) is 17.8. The molecule has 0 aliphatic carbocycles. The number of aromatic nitrogens is 1. The summed E-state index contributed by atoms with van der Waals surface area (Å²) in [6.07, 6.45) is 1.95. The monoisotopic (exact) mass is 352 g/mol. The first-order valence-electron chi connectivity index (χ1n) is 7.58. The van der Waals surface area contributed by atoms with E-state index < -0.39 is 0 Å². The van der Waals surface area contributed by atoms with E-state index in [9.17, 15) is 0 Å². The van der Waals surface area contributed by atoms with Crippen LogP contribution in [0.2, 0.25) is 5.02 Å². The first-order valence-corrected chi connectivity index (χ1v) is 7.96. The molecule has 0 saturated heterocycles. The number of halogens is 2. The van der Waals surface area contributed by atoms with E-state index in [0.29, 0.717) is 39.6 Å². The largest absolute Gasteiger partial charge is 0.496 e. The smallest absolute Gasteiger partial charge is 0.140 e. The van der Waals surface area contributed by atoms with Crippen molar-refractivity contribution in [2.45, 2.75) is 6.42 Å². The van der Waals surface area contributed by atoms with Crippen LogP contribution in [-0.2, 0) is 6.42 Å². The minimum absolute atomic E-state index is 0.332. The number of nitriles is 1. The molecule has 0 atom stereocenters. The van der Waals surface area contributed by atoms with Gasteiger partial charge in [-0.25, -0.2) is 9.37 Å². The van der Waals surface area contributed by atoms with Crippen LogP contribution in [0, 0.1) is 17.1 Å². The fourth-order valence-electron chi connectivity index (χ4n) is 2.64. The topological polar surface area (TPSA) is 45.9 Å². The van der Waals surface area contributed by atoms with Crippen LogP contribution in [0.25, 0.3) is 11.1 Å². The molecule has 5 heteroatoms. The van der Waals surface area contributed by atoms with Gasteiger partial charge in [-0.05, 0) is 41.0 Å². The van der Waals surface area contributed by atoms with Crippen molar-refractivity contribution < 1.29 is 9.13 Å². The van der Waals surface area contributed by atoms with Crippen molar-refractivity contribution in [1.82, 2.24) is 4.98 Å². The van der Waals surface area contributed by atoms with Gasteiger partial charge < -0.3 is 4.74 Å². The summed E-state index contributed by atoms with van der Waals surface area (Å²) in [6.45, 7) is 0. The van der Waals surface area contributed by atoms with E-state index in [0.717, 1.165) is 5.56 Å². The van der Waals surface area contributed by atoms with Crippen molar-refractivity contribution in [2.75, 3.05) is 7.11 Å². The Balaban J connectivity index is 2.04. The Kier molecular flexibility index (Phi) is 4.97. The average molecular weight is 353 g/mol. The van der Waals surface area contributed by atoms with E-state index >= 15 is 4.39 Å². The maximum atomic E-state index is 15.2. The summed E-state index contributed by atoms with van der Waals surface area (Å²) in [6, 6.07) is 15.8. The number of hydrogen-bond donors (Lipinski definition) is 0. The number of hydrogen-bond acceptors (Lipinski definition) is 3. The summed E-state index contributed by atoms with van der Waals surface area (Å²) in [7, 11) is 1.51. The van der Waals surface area contributed by atoms with E-state index in [1.54, 1.807) is 54.7 Å². The minimum atomic E-state index is -0.356. The highest BCUT2D eigenvalue weighted by molar-refractivity contribution is 6.30. The van der Waals surface area contributed by atoms with Gasteiger partial charge in [0.05, 0.1) is 12.7 Å². The van der Waals surface area contributed by atoms with Gasteiger partial charge in [0.15, 0.2) is 0 Å². The molecule has 3 nitrogen and oxygen atoms in total. The van der Waals surface area contributed by atoms with Crippen LogP contribution >= 0.6 is 11.6 Å². The second-order valence-corrected chi connectivity index (χ2v) is 5.90. The molecule has 0 fully saturated rings. The first-order chi connectivity index (χ1) is 12.1. The van der Waals surface area contributed by atoms with Gasteiger partial charge in [-0.3, -0.25) is 0 Å². The van der Waals surface area contributed by atoms with E-state index in [1.165, 1.54) is 7.11 Å². The third kappa shape index (κ3) is 3.62. The first kappa shape index (κ1) is 16.9. The standard InChI is InChI=1S/C20H14ClFN2O/c1-25-18-8-6-15(9-13-5-7-17(11-23)24-12-13)20(22)19(18)14-3-2-4-16(21)10-14/h2-8,10,12H,9H2,1H3. The molecule has 3 aromatic rings. The van der Waals surface area contributed by atoms with Crippen LogP contribution in [-0.4, -0.2) is 12.1 Å². The molecule has 2 aromatic carbocycles. The van der Waals surface area contributed by atoms with Gasteiger partial charge in [-0.2, -0.15) is 5.26 Å². The lowest BCUT2D eigenvalue weighted by molar-refractivity contribution is 0.413. The van der Waals surface area contributed by atoms with E-state index in [1.807, 2.05) is 6.07 Å². The second kappa shape index (κ2) is 7.33. The van der Waals surface area contributed by atoms with Crippen LogP contribution < -0.4 is 4.74 Å². The van der Waals surface area contributed by atoms with E-state index in [-0.39, 0.29) is 5.82 Å². The quantitative estimate of drug-likeness (QED) is 0.662. The molecule has 0 bridgehead atoms. The zero-order valence-corrected chi connectivity index (χ0v) is 14.2. The maximum Gasteiger partial charge on any atom is 0.140 e. The number of nitrogens with zero attached hydrogens (tertiary/aromatic N) is 2. The van der Waals surface area contributed by atoms with Crippen LogP contribution in [0.15, 0.2) is 54.7 Å². The van der Waals surface area contributed by atoms with Gasteiger partial charge in [-0.1, -0.05) is 35.9 Å². The van der Waals surface area contributed by atoms with Crippen LogP contribution in [0.4, 0.5) is 4.39 Å². The third-order valence-corrected chi connectivity index (χ3v) is 4.09. The van der Waals surface area contributed by atoms with Crippen LogP contribution in [0.5, 0.6) is 5.75 Å². The van der Waals surface area contributed by atoms with Crippen LogP contribution in [0.1, 0.15) is 16.8 Å².